The Morgan fingerprint density at radius 2 is 1.73 bits per heavy atom. The van der Waals surface area contributed by atoms with E-state index in [1.54, 1.807) is 42.5 Å². The van der Waals surface area contributed by atoms with Crippen LogP contribution in [-0.4, -0.2) is 37.1 Å². The summed E-state index contributed by atoms with van der Waals surface area (Å²) in [6.07, 6.45) is 2.51. The molecule has 0 saturated carbocycles. The summed E-state index contributed by atoms with van der Waals surface area (Å²) in [5.41, 5.74) is 6.72. The van der Waals surface area contributed by atoms with Gasteiger partial charge in [0.1, 0.15) is 0 Å². The van der Waals surface area contributed by atoms with Gasteiger partial charge in [0, 0.05) is 29.8 Å². The predicted molar refractivity (Wildman–Crippen MR) is 101 cm³/mol. The van der Waals surface area contributed by atoms with Crippen LogP contribution in [0.25, 0.3) is 0 Å². The number of nitrogens with zero attached hydrogens (tertiary/aromatic N) is 1. The van der Waals surface area contributed by atoms with Gasteiger partial charge in [0.05, 0.1) is 4.90 Å². The molecule has 1 saturated heterocycles. The number of benzene rings is 2. The van der Waals surface area contributed by atoms with E-state index >= 15 is 0 Å². The van der Waals surface area contributed by atoms with Crippen LogP contribution in [-0.2, 0) is 10.0 Å². The third-order valence-electron chi connectivity index (χ3n) is 4.86. The Hall–Kier alpha value is -2.02. The molecule has 5 nitrogen and oxygen atoms in total. The van der Waals surface area contributed by atoms with Crippen molar-refractivity contribution in [1.29, 1.82) is 0 Å². The summed E-state index contributed by atoms with van der Waals surface area (Å²) in [4.78, 5) is 13.0. The van der Waals surface area contributed by atoms with Gasteiger partial charge >= 0.3 is 0 Å². The quantitative estimate of drug-likeness (QED) is 0.819. The van der Waals surface area contributed by atoms with E-state index in [9.17, 15) is 13.2 Å². The number of carbonyl (C=O) groups excluding carboxylic acids is 1. The molecule has 1 aliphatic rings. The van der Waals surface area contributed by atoms with Crippen molar-refractivity contribution in [3.63, 3.8) is 0 Å². The van der Waals surface area contributed by atoms with Gasteiger partial charge in [0.25, 0.3) is 0 Å². The van der Waals surface area contributed by atoms with Crippen LogP contribution in [0.4, 0.5) is 0 Å². The van der Waals surface area contributed by atoms with Crippen LogP contribution in [0.3, 0.4) is 0 Å². The number of hydrogen-bond donors (Lipinski definition) is 1. The second-order valence-electron chi connectivity index (χ2n) is 6.73. The van der Waals surface area contributed by atoms with Crippen LogP contribution in [0, 0.1) is 0 Å². The summed E-state index contributed by atoms with van der Waals surface area (Å²) >= 11 is 0. The first-order valence-corrected chi connectivity index (χ1v) is 10.3. The van der Waals surface area contributed by atoms with Gasteiger partial charge in [-0.15, -0.1) is 0 Å². The molecule has 1 heterocycles. The average Bonchev–Trinajstić information content (AvgIpc) is 2.68. The van der Waals surface area contributed by atoms with Crippen molar-refractivity contribution in [2.45, 2.75) is 43.2 Å². The molecule has 3 rings (SSSR count). The first-order valence-electron chi connectivity index (χ1n) is 8.89. The Bertz CT molecular complexity index is 879. The molecule has 6 heteroatoms. The number of nitrogens with two attached hydrogens (primary N) is 1. The molecule has 2 aromatic rings. The van der Waals surface area contributed by atoms with E-state index in [4.69, 9.17) is 5.73 Å². The maximum absolute atomic E-state index is 13.4. The molecule has 2 N–H and O–H groups in total. The lowest BCUT2D eigenvalue weighted by atomic mass is 10.00. The van der Waals surface area contributed by atoms with Gasteiger partial charge < -0.3 is 5.73 Å². The predicted octanol–water partition coefficient (Wildman–Crippen LogP) is 2.81. The van der Waals surface area contributed by atoms with E-state index in [1.165, 1.54) is 10.4 Å². The zero-order valence-electron chi connectivity index (χ0n) is 14.8. The molecule has 2 unspecified atom stereocenters. The van der Waals surface area contributed by atoms with Crippen LogP contribution in [0.1, 0.15) is 42.1 Å². The van der Waals surface area contributed by atoms with Gasteiger partial charge in [-0.25, -0.2) is 8.42 Å². The van der Waals surface area contributed by atoms with Crippen molar-refractivity contribution >= 4 is 15.8 Å². The minimum atomic E-state index is -3.81. The zero-order chi connectivity index (χ0) is 18.7. The van der Waals surface area contributed by atoms with Gasteiger partial charge in [-0.2, -0.15) is 4.31 Å². The fourth-order valence-corrected chi connectivity index (χ4v) is 5.47. The maximum atomic E-state index is 13.4. The molecule has 2 atom stereocenters. The lowest BCUT2D eigenvalue weighted by molar-refractivity contribution is 0.103. The first kappa shape index (κ1) is 18.8. The SMILES string of the molecule is CC(N)C1CCCCN1S(=O)(=O)c1ccccc1C(=O)c1ccccc1. The molecule has 138 valence electrons. The molecule has 26 heavy (non-hydrogen) atoms. The molecule has 0 amide bonds. The second-order valence-corrected chi connectivity index (χ2v) is 8.59. The largest absolute Gasteiger partial charge is 0.326 e. The highest BCUT2D eigenvalue weighted by atomic mass is 32.2. The average molecular weight is 372 g/mol. The summed E-state index contributed by atoms with van der Waals surface area (Å²) in [6.45, 7) is 2.27. The van der Waals surface area contributed by atoms with Crippen LogP contribution in [0.5, 0.6) is 0 Å². The van der Waals surface area contributed by atoms with E-state index < -0.39 is 10.0 Å². The van der Waals surface area contributed by atoms with Crippen molar-refractivity contribution in [2.24, 2.45) is 5.73 Å². The molecule has 0 bridgehead atoms. The minimum Gasteiger partial charge on any atom is -0.326 e. The number of hydrogen-bond acceptors (Lipinski definition) is 4. The fourth-order valence-electron chi connectivity index (χ4n) is 3.51. The third kappa shape index (κ3) is 3.58. The fraction of sp³-hybridized carbons (Fsp3) is 0.350. The minimum absolute atomic E-state index is 0.0569. The monoisotopic (exact) mass is 372 g/mol. The molecule has 2 aromatic carbocycles. The number of carbonyl (C=O) groups is 1. The first-order chi connectivity index (χ1) is 12.4. The van der Waals surface area contributed by atoms with Gasteiger partial charge in [-0.05, 0) is 31.9 Å². The number of piperidine rings is 1. The summed E-state index contributed by atoms with van der Waals surface area (Å²) < 4.78 is 28.2. The van der Waals surface area contributed by atoms with Crippen molar-refractivity contribution in [2.75, 3.05) is 6.54 Å². The van der Waals surface area contributed by atoms with E-state index in [1.807, 2.05) is 13.0 Å². The molecule has 0 aliphatic carbocycles. The summed E-state index contributed by atoms with van der Waals surface area (Å²) in [5, 5.41) is 0. The Balaban J connectivity index is 2.05. The lowest BCUT2D eigenvalue weighted by Crippen LogP contribution is -2.51. The molecule has 1 fully saturated rings. The standard InChI is InChI=1S/C20H24N2O3S/c1-15(21)18-12-7-8-14-22(18)26(24,25)19-13-6-5-11-17(19)20(23)16-9-3-2-4-10-16/h2-6,9-11,13,15,18H,7-8,12,14,21H2,1H3. The van der Waals surface area contributed by atoms with Crippen LogP contribution < -0.4 is 5.73 Å². The molecule has 0 radical (unpaired) electrons. The van der Waals surface area contributed by atoms with E-state index in [0.29, 0.717) is 12.1 Å². The zero-order valence-corrected chi connectivity index (χ0v) is 15.7. The van der Waals surface area contributed by atoms with Gasteiger partial charge in [0.15, 0.2) is 5.78 Å². The van der Waals surface area contributed by atoms with Gasteiger partial charge in [0.2, 0.25) is 10.0 Å². The smallest absolute Gasteiger partial charge is 0.244 e. The number of ketones is 1. The van der Waals surface area contributed by atoms with Crippen LogP contribution >= 0.6 is 0 Å². The van der Waals surface area contributed by atoms with Crippen molar-refractivity contribution in [1.82, 2.24) is 4.31 Å². The normalized spacial score (nSPS) is 19.8. The Labute approximate surface area is 154 Å². The summed E-state index contributed by atoms with van der Waals surface area (Å²) in [5.74, 6) is -0.292. The van der Waals surface area contributed by atoms with E-state index in [2.05, 4.69) is 0 Å². The van der Waals surface area contributed by atoms with E-state index in [-0.39, 0.29) is 28.3 Å². The Morgan fingerprint density at radius 3 is 2.42 bits per heavy atom. The lowest BCUT2D eigenvalue weighted by Gasteiger charge is -2.37. The Kier molecular flexibility index (Phi) is 5.55. The number of sulfonamides is 1. The van der Waals surface area contributed by atoms with Crippen molar-refractivity contribution < 1.29 is 13.2 Å². The molecule has 0 spiro atoms. The maximum Gasteiger partial charge on any atom is 0.244 e. The van der Waals surface area contributed by atoms with Crippen LogP contribution in [0.2, 0.25) is 0 Å². The molecular formula is C20H24N2O3S. The van der Waals surface area contributed by atoms with Crippen molar-refractivity contribution in [3.8, 4) is 0 Å². The highest BCUT2D eigenvalue weighted by molar-refractivity contribution is 7.89. The molecule has 0 aromatic heterocycles. The Morgan fingerprint density at radius 1 is 1.08 bits per heavy atom. The van der Waals surface area contributed by atoms with Crippen molar-refractivity contribution in [3.05, 3.63) is 65.7 Å². The highest BCUT2D eigenvalue weighted by Gasteiger charge is 2.37. The topological polar surface area (TPSA) is 80.5 Å². The summed E-state index contributed by atoms with van der Waals surface area (Å²) in [6, 6.07) is 14.7. The van der Waals surface area contributed by atoms with E-state index in [0.717, 1.165) is 19.3 Å². The van der Waals surface area contributed by atoms with Crippen LogP contribution in [0.15, 0.2) is 59.5 Å². The third-order valence-corrected chi connectivity index (χ3v) is 6.84. The number of rotatable bonds is 5. The molecular weight excluding hydrogens is 348 g/mol. The molecule has 1 aliphatic heterocycles. The second kappa shape index (κ2) is 7.70. The highest BCUT2D eigenvalue weighted by Crippen LogP contribution is 2.29. The van der Waals surface area contributed by atoms with Gasteiger partial charge in [-0.1, -0.05) is 48.9 Å². The van der Waals surface area contributed by atoms with Gasteiger partial charge in [-0.3, -0.25) is 4.79 Å². The summed E-state index contributed by atoms with van der Waals surface area (Å²) in [7, 11) is -3.81.